The molecule has 4 N–H and O–H groups in total. The van der Waals surface area contributed by atoms with Gasteiger partial charge in [-0.3, -0.25) is 0 Å². The Morgan fingerprint density at radius 1 is 0.306 bits per heavy atom. The van der Waals surface area contributed by atoms with Crippen LogP contribution in [0.25, 0.3) is 0 Å². The Hall–Kier alpha value is -3.86. The third-order valence-electron chi connectivity index (χ3n) is 7.05. The normalized spacial score (nSPS) is 12.8. The molecule has 0 aliphatic carbocycles. The lowest BCUT2D eigenvalue weighted by atomic mass is 10.1. The van der Waals surface area contributed by atoms with E-state index >= 15 is 0 Å². The van der Waals surface area contributed by atoms with Gasteiger partial charge in [-0.1, -0.05) is 48.5 Å². The van der Waals surface area contributed by atoms with Crippen LogP contribution in [0, 0.1) is 0 Å². The molecule has 0 aliphatic heterocycles. The molecule has 0 spiro atoms. The van der Waals surface area contributed by atoms with Gasteiger partial charge in [-0.05, 0) is 152 Å². The molecule has 0 amide bonds. The minimum absolute atomic E-state index is 0.194. The summed E-state index contributed by atoms with van der Waals surface area (Å²) >= 11 is 0. The van der Waals surface area contributed by atoms with Crippen LogP contribution in [0.2, 0.25) is 0 Å². The predicted octanol–water partition coefficient (Wildman–Crippen LogP) is 5.79. The van der Waals surface area contributed by atoms with E-state index in [2.05, 4.69) is 154 Å². The second-order valence-electron chi connectivity index (χ2n) is 16.7. The topological polar surface area (TPSA) is 85.0 Å². The largest absolute Gasteiger partial charge is 0.408 e. The van der Waals surface area contributed by atoms with Crippen molar-refractivity contribution in [3.05, 3.63) is 97.1 Å². The summed E-state index contributed by atoms with van der Waals surface area (Å²) in [6.07, 6.45) is 0. The first-order valence-electron chi connectivity index (χ1n) is 16.9. The number of benzene rings is 4. The molecule has 9 heteroatoms. The van der Waals surface area contributed by atoms with Gasteiger partial charge in [0.15, 0.2) is 8.07 Å². The fourth-order valence-corrected chi connectivity index (χ4v) is 9.61. The highest BCUT2D eigenvalue weighted by molar-refractivity contribution is 7.19. The number of hydrogen-bond donors (Lipinski definition) is 4. The molecule has 4 aromatic rings. The van der Waals surface area contributed by atoms with Crippen molar-refractivity contribution in [3.63, 3.8) is 0 Å². The van der Waals surface area contributed by atoms with Gasteiger partial charge < -0.3 is 19.4 Å². The van der Waals surface area contributed by atoms with Crippen molar-refractivity contribution < 1.29 is 19.4 Å². The van der Waals surface area contributed by atoms with Gasteiger partial charge in [0.1, 0.15) is 23.0 Å². The zero-order valence-electron chi connectivity index (χ0n) is 31.4. The van der Waals surface area contributed by atoms with E-state index in [1.807, 2.05) is 48.5 Å². The van der Waals surface area contributed by atoms with E-state index in [0.29, 0.717) is 0 Å². The van der Waals surface area contributed by atoms with Gasteiger partial charge in [-0.15, -0.1) is 0 Å². The lowest BCUT2D eigenvalue weighted by Crippen LogP contribution is -2.74. The summed E-state index contributed by atoms with van der Waals surface area (Å²) in [5.41, 5.74) is 11.7. The van der Waals surface area contributed by atoms with Gasteiger partial charge in [0, 0.05) is 22.2 Å². The summed E-state index contributed by atoms with van der Waals surface area (Å²) < 4.78 is 0. The van der Waals surface area contributed by atoms with Crippen molar-refractivity contribution in [2.24, 2.45) is 0 Å². The average molecular weight is 685 g/mol. The van der Waals surface area contributed by atoms with Crippen LogP contribution in [0.5, 0.6) is 23.0 Å². The molecule has 0 atom stereocenters. The molecule has 0 aromatic heterocycles. The van der Waals surface area contributed by atoms with Gasteiger partial charge in [-0.25, -0.2) is 0 Å². The number of hydroxylamine groups is 4. The van der Waals surface area contributed by atoms with Gasteiger partial charge in [0.2, 0.25) is 0 Å². The minimum Gasteiger partial charge on any atom is -0.408 e. The lowest BCUT2D eigenvalue weighted by molar-refractivity contribution is 0.119. The minimum atomic E-state index is -2.93. The van der Waals surface area contributed by atoms with E-state index in [9.17, 15) is 0 Å². The molecule has 0 unspecified atom stereocenters. The lowest BCUT2D eigenvalue weighted by Gasteiger charge is -2.35. The second-order valence-corrected chi connectivity index (χ2v) is 20.5. The molecule has 0 aliphatic rings. The first-order valence-corrected chi connectivity index (χ1v) is 18.9. The SMILES string of the molecule is CC(C)(C)NOc1ccc([Si](c2ccc(ONC(C)(C)C)cc2)(c2ccc(ONC(C)(C)C)cc2)c2ccc(ONC(C)(C)C)cc2)cc1. The summed E-state index contributed by atoms with van der Waals surface area (Å²) in [6.45, 7) is 24.8. The Kier molecular flexibility index (Phi) is 11.6. The van der Waals surface area contributed by atoms with Crippen LogP contribution in [0.15, 0.2) is 97.1 Å². The summed E-state index contributed by atoms with van der Waals surface area (Å²) in [5, 5.41) is 4.78. The third-order valence-corrected chi connectivity index (χ3v) is 11.8. The average Bonchev–Trinajstić information content (AvgIpc) is 3.02. The monoisotopic (exact) mass is 684 g/mol. The molecule has 0 bridgehead atoms. The molecule has 4 aromatic carbocycles. The van der Waals surface area contributed by atoms with Crippen molar-refractivity contribution in [2.45, 2.75) is 105 Å². The Morgan fingerprint density at radius 2 is 0.469 bits per heavy atom. The van der Waals surface area contributed by atoms with Crippen molar-refractivity contribution in [2.75, 3.05) is 0 Å². The predicted molar refractivity (Wildman–Crippen MR) is 204 cm³/mol. The van der Waals surface area contributed by atoms with Gasteiger partial charge in [0.25, 0.3) is 0 Å². The molecular weight excluding hydrogens is 629 g/mol. The van der Waals surface area contributed by atoms with Crippen molar-refractivity contribution in [3.8, 4) is 23.0 Å². The Bertz CT molecular complexity index is 1360. The molecule has 0 heterocycles. The summed E-state index contributed by atoms with van der Waals surface area (Å²) in [7, 11) is -2.93. The van der Waals surface area contributed by atoms with E-state index in [4.69, 9.17) is 19.4 Å². The molecule has 0 radical (unpaired) electrons. The first-order chi connectivity index (χ1) is 22.7. The number of hydrogen-bond acceptors (Lipinski definition) is 8. The van der Waals surface area contributed by atoms with E-state index in [-0.39, 0.29) is 22.2 Å². The molecule has 264 valence electrons. The Labute approximate surface area is 294 Å². The zero-order chi connectivity index (χ0) is 36.1. The number of nitrogens with one attached hydrogen (secondary N) is 4. The maximum absolute atomic E-state index is 5.96. The standard InChI is InChI=1S/C40H56N4O4Si/c1-37(2,3)41-45-29-13-21-33(22-14-29)49(34-23-15-30(16-24-34)46-42-38(4,5)6,35-25-17-31(18-26-35)47-43-39(7,8)9)36-27-19-32(20-28-36)48-44-40(10,11)12/h13-28,41-44H,1-12H3. The maximum Gasteiger partial charge on any atom is 0.179 e. The van der Waals surface area contributed by atoms with Crippen LogP contribution in [0.3, 0.4) is 0 Å². The van der Waals surface area contributed by atoms with Crippen LogP contribution in [-0.2, 0) is 0 Å². The Balaban J connectivity index is 1.89. The van der Waals surface area contributed by atoms with Gasteiger partial charge in [0.05, 0.1) is 0 Å². The maximum atomic E-state index is 5.96. The van der Waals surface area contributed by atoms with Crippen LogP contribution < -0.4 is 62.0 Å². The van der Waals surface area contributed by atoms with Crippen LogP contribution in [0.1, 0.15) is 83.1 Å². The molecule has 0 saturated heterocycles. The molecule has 8 nitrogen and oxygen atoms in total. The van der Waals surface area contributed by atoms with Gasteiger partial charge in [-0.2, -0.15) is 21.9 Å². The van der Waals surface area contributed by atoms with E-state index in [1.54, 1.807) is 0 Å². The molecule has 0 saturated carbocycles. The smallest absolute Gasteiger partial charge is 0.179 e. The highest BCUT2D eigenvalue weighted by Crippen LogP contribution is 2.19. The molecule has 4 rings (SSSR count). The highest BCUT2D eigenvalue weighted by Gasteiger charge is 2.42. The number of rotatable bonds is 12. The van der Waals surface area contributed by atoms with Crippen LogP contribution in [-0.4, -0.2) is 30.2 Å². The van der Waals surface area contributed by atoms with E-state index in [0.717, 1.165) is 23.0 Å². The zero-order valence-corrected chi connectivity index (χ0v) is 32.4. The third kappa shape index (κ3) is 11.1. The quantitative estimate of drug-likeness (QED) is 0.0849. The fourth-order valence-electron chi connectivity index (χ4n) is 4.94. The fraction of sp³-hybridized carbons (Fsp3) is 0.400. The summed E-state index contributed by atoms with van der Waals surface area (Å²) in [6, 6.07) is 33.8. The Morgan fingerprint density at radius 3 is 0.612 bits per heavy atom. The second kappa shape index (κ2) is 14.9. The first kappa shape index (κ1) is 37.9. The van der Waals surface area contributed by atoms with Crippen molar-refractivity contribution in [1.29, 1.82) is 0 Å². The van der Waals surface area contributed by atoms with Crippen molar-refractivity contribution >= 4 is 28.8 Å². The van der Waals surface area contributed by atoms with Crippen LogP contribution >= 0.6 is 0 Å². The molecule has 49 heavy (non-hydrogen) atoms. The van der Waals surface area contributed by atoms with Crippen LogP contribution in [0.4, 0.5) is 0 Å². The van der Waals surface area contributed by atoms with Gasteiger partial charge >= 0.3 is 0 Å². The van der Waals surface area contributed by atoms with Crippen molar-refractivity contribution in [1.82, 2.24) is 21.9 Å². The van der Waals surface area contributed by atoms with E-state index in [1.165, 1.54) is 20.7 Å². The summed E-state index contributed by atoms with van der Waals surface area (Å²) in [5.74, 6) is 2.97. The highest BCUT2D eigenvalue weighted by atomic mass is 28.3. The molecule has 0 fully saturated rings. The summed E-state index contributed by atoms with van der Waals surface area (Å²) in [4.78, 5) is 23.8. The molecular formula is C40H56N4O4Si. The van der Waals surface area contributed by atoms with E-state index < -0.39 is 8.07 Å².